The smallest absolute Gasteiger partial charge is 0.410 e. The molecule has 146 valence electrons. The van der Waals surface area contributed by atoms with E-state index in [1.807, 2.05) is 6.07 Å². The predicted octanol–water partition coefficient (Wildman–Crippen LogP) is 4.43. The van der Waals surface area contributed by atoms with Crippen molar-refractivity contribution >= 4 is 34.4 Å². The predicted molar refractivity (Wildman–Crippen MR) is 104 cm³/mol. The van der Waals surface area contributed by atoms with Crippen LogP contribution in [0.5, 0.6) is 0 Å². The second-order valence-electron chi connectivity index (χ2n) is 7.87. The Kier molecular flexibility index (Phi) is 5.42. The molecule has 1 N–H and O–H groups in total. The van der Waals surface area contributed by atoms with Gasteiger partial charge in [0.1, 0.15) is 22.2 Å². The highest BCUT2D eigenvalue weighted by molar-refractivity contribution is 6.30. The molecule has 6 nitrogen and oxygen atoms in total. The van der Waals surface area contributed by atoms with Crippen molar-refractivity contribution in [3.05, 3.63) is 29.5 Å². The standard InChI is InChI=1S/C19H24ClFN4O2/c1-18(2,3)27-17(26)25-9-5-7-19(21,12-25)11-23-16-13-6-4-8-22-14(13)10-15(20)24-16/h4,6,8,10H,5,7,9,11-12H2,1-3H3,(H,23,24). The zero-order chi connectivity index (χ0) is 19.7. The second-order valence-corrected chi connectivity index (χ2v) is 8.26. The van der Waals surface area contributed by atoms with E-state index in [1.165, 1.54) is 4.90 Å². The van der Waals surface area contributed by atoms with Crippen molar-refractivity contribution in [1.29, 1.82) is 0 Å². The lowest BCUT2D eigenvalue weighted by Gasteiger charge is -2.38. The molecular formula is C19H24ClFN4O2. The van der Waals surface area contributed by atoms with Gasteiger partial charge in [-0.1, -0.05) is 11.6 Å². The first-order valence-corrected chi connectivity index (χ1v) is 9.35. The van der Waals surface area contributed by atoms with Gasteiger partial charge in [-0.05, 0) is 45.7 Å². The number of aromatic nitrogens is 2. The molecule has 0 aromatic carbocycles. The first kappa shape index (κ1) is 19.6. The summed E-state index contributed by atoms with van der Waals surface area (Å²) in [6.07, 6.45) is 2.11. The van der Waals surface area contributed by atoms with Crippen LogP contribution in [0.25, 0.3) is 10.9 Å². The van der Waals surface area contributed by atoms with Gasteiger partial charge in [0.25, 0.3) is 0 Å². The van der Waals surface area contributed by atoms with Crippen molar-refractivity contribution in [3.63, 3.8) is 0 Å². The summed E-state index contributed by atoms with van der Waals surface area (Å²) in [5.74, 6) is 0.483. The number of carbonyl (C=O) groups is 1. The molecule has 2 aromatic rings. The number of rotatable bonds is 3. The van der Waals surface area contributed by atoms with Gasteiger partial charge in [0.05, 0.1) is 18.6 Å². The first-order valence-electron chi connectivity index (χ1n) is 8.97. The fourth-order valence-corrected chi connectivity index (χ4v) is 3.32. The molecule has 27 heavy (non-hydrogen) atoms. The first-order chi connectivity index (χ1) is 12.7. The number of halogens is 2. The number of alkyl halides is 1. The van der Waals surface area contributed by atoms with E-state index in [1.54, 1.807) is 39.1 Å². The van der Waals surface area contributed by atoms with Gasteiger partial charge in [-0.25, -0.2) is 14.2 Å². The van der Waals surface area contributed by atoms with Crippen LogP contribution >= 0.6 is 11.6 Å². The number of amides is 1. The number of piperidine rings is 1. The molecule has 1 aliphatic heterocycles. The largest absolute Gasteiger partial charge is 0.444 e. The van der Waals surface area contributed by atoms with Gasteiger partial charge in [-0.2, -0.15) is 0 Å². The molecule has 3 heterocycles. The minimum atomic E-state index is -1.58. The van der Waals surface area contributed by atoms with E-state index in [0.717, 1.165) is 5.39 Å². The molecule has 3 rings (SSSR count). The molecule has 1 atom stereocenters. The number of likely N-dealkylation sites (tertiary alicyclic amines) is 1. The number of ether oxygens (including phenoxy) is 1. The molecule has 0 radical (unpaired) electrons. The topological polar surface area (TPSA) is 67.3 Å². The molecule has 0 spiro atoms. The number of carbonyl (C=O) groups excluding carboxylic acids is 1. The molecule has 0 aliphatic carbocycles. The highest BCUT2D eigenvalue weighted by Crippen LogP contribution is 2.29. The zero-order valence-electron chi connectivity index (χ0n) is 15.8. The number of nitrogens with one attached hydrogen (secondary N) is 1. The lowest BCUT2D eigenvalue weighted by Crippen LogP contribution is -2.52. The van der Waals surface area contributed by atoms with E-state index in [-0.39, 0.29) is 18.2 Å². The minimum absolute atomic E-state index is 0.0175. The fraction of sp³-hybridized carbons (Fsp3) is 0.526. The summed E-state index contributed by atoms with van der Waals surface area (Å²) in [4.78, 5) is 22.2. The quantitative estimate of drug-likeness (QED) is 0.780. The highest BCUT2D eigenvalue weighted by atomic mass is 35.5. The van der Waals surface area contributed by atoms with Crippen molar-refractivity contribution in [3.8, 4) is 0 Å². The van der Waals surface area contributed by atoms with Crippen molar-refractivity contribution in [2.45, 2.75) is 44.9 Å². The monoisotopic (exact) mass is 394 g/mol. The van der Waals surface area contributed by atoms with Gasteiger partial charge in [0.2, 0.25) is 0 Å². The molecule has 0 saturated carbocycles. The van der Waals surface area contributed by atoms with Gasteiger partial charge in [0.15, 0.2) is 0 Å². The van der Waals surface area contributed by atoms with Crippen LogP contribution in [0.3, 0.4) is 0 Å². The number of fused-ring (bicyclic) bond motifs is 1. The minimum Gasteiger partial charge on any atom is -0.444 e. The third-order valence-corrected chi connectivity index (χ3v) is 4.51. The van der Waals surface area contributed by atoms with E-state index in [9.17, 15) is 4.79 Å². The Bertz CT molecular complexity index is 842. The van der Waals surface area contributed by atoms with E-state index in [0.29, 0.717) is 30.7 Å². The molecule has 2 aromatic heterocycles. The van der Waals surface area contributed by atoms with Crippen LogP contribution in [0.1, 0.15) is 33.6 Å². The van der Waals surface area contributed by atoms with Crippen LogP contribution in [0.2, 0.25) is 5.15 Å². The van der Waals surface area contributed by atoms with Gasteiger partial charge in [-0.3, -0.25) is 4.98 Å². The molecule has 1 aliphatic rings. The molecule has 1 saturated heterocycles. The Morgan fingerprint density at radius 1 is 1.48 bits per heavy atom. The lowest BCUT2D eigenvalue weighted by atomic mass is 9.95. The van der Waals surface area contributed by atoms with E-state index >= 15 is 4.39 Å². The molecule has 8 heteroatoms. The van der Waals surface area contributed by atoms with E-state index < -0.39 is 17.4 Å². The van der Waals surface area contributed by atoms with Crippen molar-refractivity contribution < 1.29 is 13.9 Å². The molecule has 1 unspecified atom stereocenters. The van der Waals surface area contributed by atoms with Crippen LogP contribution in [-0.4, -0.2) is 51.9 Å². The normalized spacial score (nSPS) is 20.6. The van der Waals surface area contributed by atoms with Crippen molar-refractivity contribution in [2.24, 2.45) is 0 Å². The number of hydrogen-bond donors (Lipinski definition) is 1. The Balaban J connectivity index is 1.71. The average Bonchev–Trinajstić information content (AvgIpc) is 2.58. The SMILES string of the molecule is CC(C)(C)OC(=O)N1CCCC(F)(CNc2nc(Cl)cc3ncccc23)C1. The fourth-order valence-electron chi connectivity index (χ4n) is 3.14. The van der Waals surface area contributed by atoms with Crippen molar-refractivity contribution in [2.75, 3.05) is 25.0 Å². The van der Waals surface area contributed by atoms with Crippen molar-refractivity contribution in [1.82, 2.24) is 14.9 Å². The zero-order valence-corrected chi connectivity index (χ0v) is 16.5. The van der Waals surface area contributed by atoms with Gasteiger partial charge >= 0.3 is 6.09 Å². The molecule has 1 amide bonds. The number of pyridine rings is 2. The number of anilines is 1. The maximum Gasteiger partial charge on any atom is 0.410 e. The van der Waals surface area contributed by atoms with Gasteiger partial charge in [0, 0.05) is 24.2 Å². The van der Waals surface area contributed by atoms with Crippen LogP contribution < -0.4 is 5.32 Å². The van der Waals surface area contributed by atoms with Crippen LogP contribution in [0, 0.1) is 0 Å². The third kappa shape index (κ3) is 4.97. The maximum absolute atomic E-state index is 15.4. The number of nitrogens with zero attached hydrogens (tertiary/aromatic N) is 3. The average molecular weight is 395 g/mol. The Morgan fingerprint density at radius 2 is 2.26 bits per heavy atom. The molecular weight excluding hydrogens is 371 g/mol. The summed E-state index contributed by atoms with van der Waals surface area (Å²) >= 11 is 6.05. The summed E-state index contributed by atoms with van der Waals surface area (Å²) in [7, 11) is 0. The Hall–Kier alpha value is -2.15. The Labute approximate surface area is 163 Å². The van der Waals surface area contributed by atoms with E-state index in [4.69, 9.17) is 16.3 Å². The summed E-state index contributed by atoms with van der Waals surface area (Å²) in [5, 5.41) is 4.11. The maximum atomic E-state index is 15.4. The lowest BCUT2D eigenvalue weighted by molar-refractivity contribution is -0.00210. The van der Waals surface area contributed by atoms with E-state index in [2.05, 4.69) is 15.3 Å². The van der Waals surface area contributed by atoms with Gasteiger partial charge in [-0.15, -0.1) is 0 Å². The third-order valence-electron chi connectivity index (χ3n) is 4.32. The van der Waals surface area contributed by atoms with Crippen LogP contribution in [0.4, 0.5) is 15.0 Å². The number of hydrogen-bond acceptors (Lipinski definition) is 5. The Morgan fingerprint density at radius 3 is 3.00 bits per heavy atom. The van der Waals surface area contributed by atoms with Crippen LogP contribution in [0.15, 0.2) is 24.4 Å². The molecule has 1 fully saturated rings. The highest BCUT2D eigenvalue weighted by Gasteiger charge is 2.38. The summed E-state index contributed by atoms with van der Waals surface area (Å²) in [6.45, 7) is 5.87. The molecule has 0 bridgehead atoms. The van der Waals surface area contributed by atoms with Crippen LogP contribution in [-0.2, 0) is 4.74 Å². The summed E-state index contributed by atoms with van der Waals surface area (Å²) < 4.78 is 20.8. The second kappa shape index (κ2) is 7.46. The van der Waals surface area contributed by atoms with Gasteiger partial charge < -0.3 is 15.0 Å². The summed E-state index contributed by atoms with van der Waals surface area (Å²) in [6, 6.07) is 5.31. The summed E-state index contributed by atoms with van der Waals surface area (Å²) in [5.41, 5.74) is -1.50.